The van der Waals surface area contributed by atoms with Crippen molar-refractivity contribution in [3.8, 4) is 0 Å². The predicted octanol–water partition coefficient (Wildman–Crippen LogP) is 4.66. The Balaban J connectivity index is 2.84. The van der Waals surface area contributed by atoms with Crippen molar-refractivity contribution < 1.29 is 19.1 Å². The van der Waals surface area contributed by atoms with E-state index in [0.29, 0.717) is 19.4 Å². The van der Waals surface area contributed by atoms with Crippen LogP contribution in [0.2, 0.25) is 0 Å². The molecule has 4 nitrogen and oxygen atoms in total. The quantitative estimate of drug-likeness (QED) is 0.335. The largest absolute Gasteiger partial charge is 0.465 e. The van der Waals surface area contributed by atoms with Gasteiger partial charge in [0, 0.05) is 0 Å². The van der Waals surface area contributed by atoms with Crippen molar-refractivity contribution in [2.75, 3.05) is 6.61 Å². The number of benzene rings is 1. The van der Waals surface area contributed by atoms with E-state index in [-0.39, 0.29) is 6.61 Å². The fourth-order valence-corrected chi connectivity index (χ4v) is 2.78. The maximum Gasteiger partial charge on any atom is 0.323 e. The number of esters is 2. The standard InChI is InChI=1S/C20H30O4/c1-4-7-15-23-18(21)20(13-5-2,14-6-3)19(22)24-16-17-11-9-8-10-12-17/h8-12H,4-7,13-16H2,1-3H3. The third-order valence-corrected chi connectivity index (χ3v) is 4.08. The van der Waals surface area contributed by atoms with Gasteiger partial charge in [-0.15, -0.1) is 0 Å². The van der Waals surface area contributed by atoms with Crippen LogP contribution < -0.4 is 0 Å². The van der Waals surface area contributed by atoms with Crippen molar-refractivity contribution in [2.45, 2.75) is 65.9 Å². The Morgan fingerprint density at radius 2 is 1.46 bits per heavy atom. The minimum Gasteiger partial charge on any atom is -0.465 e. The van der Waals surface area contributed by atoms with Crippen molar-refractivity contribution in [2.24, 2.45) is 5.41 Å². The summed E-state index contributed by atoms with van der Waals surface area (Å²) in [6.07, 6.45) is 4.12. The summed E-state index contributed by atoms with van der Waals surface area (Å²) < 4.78 is 10.9. The number of unbranched alkanes of at least 4 members (excludes halogenated alkanes) is 1. The monoisotopic (exact) mass is 334 g/mol. The molecule has 0 unspecified atom stereocenters. The molecule has 0 bridgehead atoms. The van der Waals surface area contributed by atoms with Crippen molar-refractivity contribution in [3.05, 3.63) is 35.9 Å². The molecule has 0 aliphatic carbocycles. The number of hydrogen-bond donors (Lipinski definition) is 0. The molecule has 0 heterocycles. The molecule has 0 N–H and O–H groups in total. The van der Waals surface area contributed by atoms with Gasteiger partial charge in [-0.25, -0.2) is 0 Å². The van der Waals surface area contributed by atoms with Crippen molar-refractivity contribution in [1.82, 2.24) is 0 Å². The summed E-state index contributed by atoms with van der Waals surface area (Å²) in [4.78, 5) is 25.4. The van der Waals surface area contributed by atoms with Crippen molar-refractivity contribution in [1.29, 1.82) is 0 Å². The summed E-state index contributed by atoms with van der Waals surface area (Å²) in [6, 6.07) is 9.50. The Hall–Kier alpha value is -1.84. The summed E-state index contributed by atoms with van der Waals surface area (Å²) in [5.74, 6) is -0.894. The molecule has 0 radical (unpaired) electrons. The van der Waals surface area contributed by atoms with Crippen LogP contribution in [0, 0.1) is 5.41 Å². The van der Waals surface area contributed by atoms with Gasteiger partial charge in [0.1, 0.15) is 6.61 Å². The fraction of sp³-hybridized carbons (Fsp3) is 0.600. The van der Waals surface area contributed by atoms with E-state index in [4.69, 9.17) is 9.47 Å². The number of hydrogen-bond acceptors (Lipinski definition) is 4. The highest BCUT2D eigenvalue weighted by molar-refractivity contribution is 6.00. The van der Waals surface area contributed by atoms with Gasteiger partial charge >= 0.3 is 11.9 Å². The first-order valence-electron chi connectivity index (χ1n) is 8.99. The number of ether oxygens (including phenoxy) is 2. The molecule has 0 amide bonds. The van der Waals surface area contributed by atoms with Gasteiger partial charge in [-0.1, -0.05) is 70.4 Å². The van der Waals surface area contributed by atoms with Gasteiger partial charge in [-0.2, -0.15) is 0 Å². The van der Waals surface area contributed by atoms with Crippen LogP contribution >= 0.6 is 0 Å². The Labute approximate surface area is 145 Å². The number of carbonyl (C=O) groups excluding carboxylic acids is 2. The van der Waals surface area contributed by atoms with E-state index >= 15 is 0 Å². The Bertz CT molecular complexity index is 490. The van der Waals surface area contributed by atoms with E-state index in [1.165, 1.54) is 0 Å². The van der Waals surface area contributed by atoms with E-state index in [0.717, 1.165) is 31.2 Å². The topological polar surface area (TPSA) is 52.6 Å². The van der Waals surface area contributed by atoms with Crippen LogP contribution in [-0.2, 0) is 25.7 Å². The lowest BCUT2D eigenvalue weighted by Gasteiger charge is -2.28. The van der Waals surface area contributed by atoms with Crippen LogP contribution in [0.15, 0.2) is 30.3 Å². The third-order valence-electron chi connectivity index (χ3n) is 4.08. The minimum absolute atomic E-state index is 0.178. The van der Waals surface area contributed by atoms with E-state index < -0.39 is 17.4 Å². The summed E-state index contributed by atoms with van der Waals surface area (Å²) in [7, 11) is 0. The van der Waals surface area contributed by atoms with E-state index in [9.17, 15) is 9.59 Å². The molecule has 1 rings (SSSR count). The van der Waals surface area contributed by atoms with Crippen LogP contribution in [0.1, 0.15) is 64.9 Å². The van der Waals surface area contributed by atoms with Crippen molar-refractivity contribution in [3.63, 3.8) is 0 Å². The molecule has 4 heteroatoms. The van der Waals surface area contributed by atoms with Crippen LogP contribution in [0.3, 0.4) is 0 Å². The van der Waals surface area contributed by atoms with Crippen LogP contribution in [0.25, 0.3) is 0 Å². The number of carbonyl (C=O) groups is 2. The second-order valence-electron chi connectivity index (χ2n) is 6.13. The summed E-state index contributed by atoms with van der Waals surface area (Å²) in [5.41, 5.74) is -0.265. The highest BCUT2D eigenvalue weighted by Crippen LogP contribution is 2.34. The zero-order valence-electron chi connectivity index (χ0n) is 15.2. The highest BCUT2D eigenvalue weighted by Gasteiger charge is 2.47. The lowest BCUT2D eigenvalue weighted by Crippen LogP contribution is -2.42. The zero-order chi connectivity index (χ0) is 17.8. The fourth-order valence-electron chi connectivity index (χ4n) is 2.78. The average Bonchev–Trinajstić information content (AvgIpc) is 2.60. The van der Waals surface area contributed by atoms with Gasteiger partial charge < -0.3 is 9.47 Å². The predicted molar refractivity (Wildman–Crippen MR) is 94.4 cm³/mol. The molecule has 1 aromatic carbocycles. The molecule has 0 aromatic heterocycles. The molecule has 134 valence electrons. The molecule has 1 aromatic rings. The SMILES string of the molecule is CCCCOC(=O)C(CCC)(CCC)C(=O)OCc1ccccc1. The van der Waals surface area contributed by atoms with Gasteiger partial charge in [0.2, 0.25) is 0 Å². The lowest BCUT2D eigenvalue weighted by atomic mass is 9.79. The number of rotatable bonds is 11. The Morgan fingerprint density at radius 1 is 0.875 bits per heavy atom. The van der Waals surface area contributed by atoms with E-state index in [1.54, 1.807) is 0 Å². The normalized spacial score (nSPS) is 11.1. The smallest absolute Gasteiger partial charge is 0.323 e. The molecule has 0 spiro atoms. The summed E-state index contributed by atoms with van der Waals surface area (Å²) in [5, 5.41) is 0. The first kappa shape index (κ1) is 20.2. The molecule has 0 saturated heterocycles. The average molecular weight is 334 g/mol. The summed E-state index contributed by atoms with van der Waals surface area (Å²) >= 11 is 0. The van der Waals surface area contributed by atoms with Gasteiger partial charge in [0.05, 0.1) is 6.61 Å². The van der Waals surface area contributed by atoms with Gasteiger partial charge in [-0.3, -0.25) is 9.59 Å². The molecule has 0 aliphatic rings. The lowest BCUT2D eigenvalue weighted by molar-refractivity contribution is -0.175. The second-order valence-corrected chi connectivity index (χ2v) is 6.13. The summed E-state index contributed by atoms with van der Waals surface area (Å²) in [6.45, 7) is 6.50. The molecule has 0 saturated carbocycles. The molecular formula is C20H30O4. The maximum atomic E-state index is 12.8. The first-order chi connectivity index (χ1) is 11.6. The van der Waals surface area contributed by atoms with Crippen LogP contribution in [-0.4, -0.2) is 18.5 Å². The van der Waals surface area contributed by atoms with Crippen LogP contribution in [0.5, 0.6) is 0 Å². The molecule has 24 heavy (non-hydrogen) atoms. The third kappa shape index (κ3) is 5.66. The van der Waals surface area contributed by atoms with E-state index in [1.807, 2.05) is 51.1 Å². The van der Waals surface area contributed by atoms with Crippen LogP contribution in [0.4, 0.5) is 0 Å². The van der Waals surface area contributed by atoms with Gasteiger partial charge in [0.25, 0.3) is 0 Å². The second kappa shape index (κ2) is 10.8. The van der Waals surface area contributed by atoms with E-state index in [2.05, 4.69) is 0 Å². The maximum absolute atomic E-state index is 12.8. The highest BCUT2D eigenvalue weighted by atomic mass is 16.6. The molecular weight excluding hydrogens is 304 g/mol. The van der Waals surface area contributed by atoms with Crippen molar-refractivity contribution >= 4 is 11.9 Å². The molecule has 0 aliphatic heterocycles. The molecule has 0 fully saturated rings. The Kier molecular flexibility index (Phi) is 9.13. The molecule has 0 atom stereocenters. The zero-order valence-corrected chi connectivity index (χ0v) is 15.2. The van der Waals surface area contributed by atoms with Gasteiger partial charge in [-0.05, 0) is 24.8 Å². The van der Waals surface area contributed by atoms with Gasteiger partial charge in [0.15, 0.2) is 5.41 Å². The first-order valence-corrected chi connectivity index (χ1v) is 8.99. The Morgan fingerprint density at radius 3 is 2.00 bits per heavy atom. The minimum atomic E-state index is -1.17.